The van der Waals surface area contributed by atoms with Gasteiger partial charge < -0.3 is 20.0 Å². The summed E-state index contributed by atoms with van der Waals surface area (Å²) in [5.41, 5.74) is 6.50. The topological polar surface area (TPSA) is 71.4 Å². The lowest BCUT2D eigenvalue weighted by molar-refractivity contribution is 0.475. The van der Waals surface area contributed by atoms with Crippen LogP contribution in [0.5, 0.6) is 0 Å². The first-order valence-corrected chi connectivity index (χ1v) is 7.04. The number of anilines is 2. The van der Waals surface area contributed by atoms with Crippen molar-refractivity contribution in [2.24, 2.45) is 5.73 Å². The fraction of sp³-hybridized carbons (Fsp3) is 0.429. The zero-order chi connectivity index (χ0) is 14.7. The van der Waals surface area contributed by atoms with Gasteiger partial charge in [-0.2, -0.15) is 0 Å². The number of piperazine rings is 1. The molecule has 3 rings (SSSR count). The lowest BCUT2D eigenvalue weighted by Gasteiger charge is -2.35. The highest BCUT2D eigenvalue weighted by atomic mass is 19.1. The molecule has 0 radical (unpaired) electrons. The SMILES string of the molecule is NCCc1nnc(N2CCN(c3ccc(F)cc3)CC2)o1. The smallest absolute Gasteiger partial charge is 0.318 e. The quantitative estimate of drug-likeness (QED) is 0.907. The molecule has 2 N–H and O–H groups in total. The Bertz CT molecular complexity index is 577. The highest BCUT2D eigenvalue weighted by Crippen LogP contribution is 2.20. The Morgan fingerprint density at radius 1 is 1.05 bits per heavy atom. The molecular formula is C14H18FN5O. The summed E-state index contributed by atoms with van der Waals surface area (Å²) in [4.78, 5) is 4.28. The molecular weight excluding hydrogens is 273 g/mol. The van der Waals surface area contributed by atoms with Crippen LogP contribution in [0, 0.1) is 5.82 Å². The fourth-order valence-corrected chi connectivity index (χ4v) is 2.40. The number of rotatable bonds is 4. The Hall–Kier alpha value is -2.15. The van der Waals surface area contributed by atoms with E-state index in [9.17, 15) is 4.39 Å². The third-order valence-electron chi connectivity index (χ3n) is 3.56. The average Bonchev–Trinajstić information content (AvgIpc) is 2.97. The molecule has 2 aromatic rings. The van der Waals surface area contributed by atoms with Crippen LogP contribution >= 0.6 is 0 Å². The van der Waals surface area contributed by atoms with Gasteiger partial charge in [-0.05, 0) is 24.3 Å². The molecule has 1 aromatic carbocycles. The van der Waals surface area contributed by atoms with E-state index >= 15 is 0 Å². The molecule has 1 aromatic heterocycles. The van der Waals surface area contributed by atoms with Crippen molar-refractivity contribution < 1.29 is 8.81 Å². The van der Waals surface area contributed by atoms with Crippen LogP contribution in [0.2, 0.25) is 0 Å². The van der Waals surface area contributed by atoms with Crippen LogP contribution in [0.15, 0.2) is 28.7 Å². The van der Waals surface area contributed by atoms with E-state index in [4.69, 9.17) is 10.2 Å². The Morgan fingerprint density at radius 3 is 2.38 bits per heavy atom. The van der Waals surface area contributed by atoms with Crippen LogP contribution in [0.25, 0.3) is 0 Å². The number of hydrogen-bond donors (Lipinski definition) is 1. The van der Waals surface area contributed by atoms with Crippen molar-refractivity contribution in [1.29, 1.82) is 0 Å². The van der Waals surface area contributed by atoms with Gasteiger partial charge in [0.2, 0.25) is 5.89 Å². The first kappa shape index (κ1) is 13.8. The summed E-state index contributed by atoms with van der Waals surface area (Å²) < 4.78 is 18.5. The standard InChI is InChI=1S/C14H18FN5O/c15-11-1-3-12(4-2-11)19-7-9-20(10-8-19)14-18-17-13(21-14)5-6-16/h1-4H,5-10,16H2. The maximum atomic E-state index is 12.9. The van der Waals surface area contributed by atoms with Gasteiger partial charge in [0.05, 0.1) is 0 Å². The van der Waals surface area contributed by atoms with Gasteiger partial charge in [-0.3, -0.25) is 0 Å². The first-order valence-electron chi connectivity index (χ1n) is 7.04. The Kier molecular flexibility index (Phi) is 4.01. The van der Waals surface area contributed by atoms with Crippen molar-refractivity contribution in [2.45, 2.75) is 6.42 Å². The fourth-order valence-electron chi connectivity index (χ4n) is 2.40. The number of hydrogen-bond acceptors (Lipinski definition) is 6. The summed E-state index contributed by atoms with van der Waals surface area (Å²) in [6.45, 7) is 3.75. The van der Waals surface area contributed by atoms with E-state index in [-0.39, 0.29) is 5.82 Å². The molecule has 6 nitrogen and oxygen atoms in total. The predicted octanol–water partition coefficient (Wildman–Crippen LogP) is 1.04. The molecule has 1 aliphatic rings. The second kappa shape index (κ2) is 6.09. The molecule has 0 amide bonds. The Labute approximate surface area is 122 Å². The van der Waals surface area contributed by atoms with E-state index < -0.39 is 0 Å². The van der Waals surface area contributed by atoms with Crippen molar-refractivity contribution >= 4 is 11.7 Å². The number of benzene rings is 1. The van der Waals surface area contributed by atoms with Crippen molar-refractivity contribution in [1.82, 2.24) is 10.2 Å². The molecule has 0 atom stereocenters. The van der Waals surface area contributed by atoms with Gasteiger partial charge in [-0.1, -0.05) is 5.10 Å². The second-order valence-electron chi connectivity index (χ2n) is 4.97. The third kappa shape index (κ3) is 3.13. The molecule has 1 saturated heterocycles. The number of halogens is 1. The maximum Gasteiger partial charge on any atom is 0.318 e. The van der Waals surface area contributed by atoms with Crippen molar-refractivity contribution in [3.63, 3.8) is 0 Å². The molecule has 2 heterocycles. The normalized spacial score (nSPS) is 15.5. The molecule has 112 valence electrons. The molecule has 0 saturated carbocycles. The Morgan fingerprint density at radius 2 is 1.71 bits per heavy atom. The summed E-state index contributed by atoms with van der Waals surface area (Å²) in [6.07, 6.45) is 0.600. The molecule has 7 heteroatoms. The van der Waals surface area contributed by atoms with Crippen LogP contribution in [0.1, 0.15) is 5.89 Å². The summed E-state index contributed by atoms with van der Waals surface area (Å²) in [5, 5.41) is 8.03. The van der Waals surface area contributed by atoms with Gasteiger partial charge in [0.25, 0.3) is 0 Å². The summed E-state index contributed by atoms with van der Waals surface area (Å²) >= 11 is 0. The van der Waals surface area contributed by atoms with Gasteiger partial charge in [0.15, 0.2) is 0 Å². The lowest BCUT2D eigenvalue weighted by atomic mass is 10.2. The zero-order valence-corrected chi connectivity index (χ0v) is 11.7. The largest absolute Gasteiger partial charge is 0.408 e. The average molecular weight is 291 g/mol. The minimum Gasteiger partial charge on any atom is -0.408 e. The highest BCUT2D eigenvalue weighted by molar-refractivity contribution is 5.48. The van der Waals surface area contributed by atoms with E-state index in [1.54, 1.807) is 12.1 Å². The molecule has 0 spiro atoms. The molecule has 21 heavy (non-hydrogen) atoms. The zero-order valence-electron chi connectivity index (χ0n) is 11.7. The monoisotopic (exact) mass is 291 g/mol. The lowest BCUT2D eigenvalue weighted by Crippen LogP contribution is -2.46. The van der Waals surface area contributed by atoms with Gasteiger partial charge in [-0.15, -0.1) is 5.10 Å². The maximum absolute atomic E-state index is 12.9. The summed E-state index contributed by atoms with van der Waals surface area (Å²) in [6, 6.07) is 7.13. The first-order chi connectivity index (χ1) is 10.3. The van der Waals surface area contributed by atoms with E-state index in [0.29, 0.717) is 24.9 Å². The summed E-state index contributed by atoms with van der Waals surface area (Å²) in [7, 11) is 0. The molecule has 1 aliphatic heterocycles. The Balaban J connectivity index is 1.60. The number of nitrogens with two attached hydrogens (primary N) is 1. The molecule has 0 bridgehead atoms. The van der Waals surface area contributed by atoms with Crippen molar-refractivity contribution in [2.75, 3.05) is 42.5 Å². The van der Waals surface area contributed by atoms with Gasteiger partial charge in [-0.25, -0.2) is 4.39 Å². The molecule has 1 fully saturated rings. The van der Waals surface area contributed by atoms with Crippen molar-refractivity contribution in [3.8, 4) is 0 Å². The minimum atomic E-state index is -0.212. The van der Waals surface area contributed by atoms with Gasteiger partial charge in [0, 0.05) is 44.8 Å². The highest BCUT2D eigenvalue weighted by Gasteiger charge is 2.21. The van der Waals surface area contributed by atoms with Crippen molar-refractivity contribution in [3.05, 3.63) is 36.0 Å². The third-order valence-corrected chi connectivity index (χ3v) is 3.56. The van der Waals surface area contributed by atoms with E-state index in [2.05, 4.69) is 20.0 Å². The van der Waals surface area contributed by atoms with E-state index in [1.807, 2.05) is 0 Å². The van der Waals surface area contributed by atoms with Crippen LogP contribution < -0.4 is 15.5 Å². The van der Waals surface area contributed by atoms with E-state index in [0.717, 1.165) is 31.9 Å². The number of aromatic nitrogens is 2. The van der Waals surface area contributed by atoms with Crippen LogP contribution in [0.4, 0.5) is 16.1 Å². The summed E-state index contributed by atoms with van der Waals surface area (Å²) in [5.74, 6) is 0.365. The van der Waals surface area contributed by atoms with Gasteiger partial charge >= 0.3 is 6.01 Å². The van der Waals surface area contributed by atoms with Crippen LogP contribution in [-0.4, -0.2) is 42.9 Å². The molecule has 0 aliphatic carbocycles. The minimum absolute atomic E-state index is 0.212. The van der Waals surface area contributed by atoms with Gasteiger partial charge in [0.1, 0.15) is 5.82 Å². The molecule has 0 unspecified atom stereocenters. The van der Waals surface area contributed by atoms with Crippen LogP contribution in [-0.2, 0) is 6.42 Å². The number of nitrogens with zero attached hydrogens (tertiary/aromatic N) is 4. The second-order valence-corrected chi connectivity index (χ2v) is 4.97. The van der Waals surface area contributed by atoms with E-state index in [1.165, 1.54) is 12.1 Å². The van der Waals surface area contributed by atoms with Crippen LogP contribution in [0.3, 0.4) is 0 Å². The predicted molar refractivity (Wildman–Crippen MR) is 77.9 cm³/mol.